The first-order chi connectivity index (χ1) is 9.92. The van der Waals surface area contributed by atoms with E-state index in [0.717, 1.165) is 12.0 Å². The quantitative estimate of drug-likeness (QED) is 0.662. The third-order valence-electron chi connectivity index (χ3n) is 4.03. The molecule has 21 heavy (non-hydrogen) atoms. The van der Waals surface area contributed by atoms with Crippen molar-refractivity contribution in [1.29, 1.82) is 0 Å². The maximum atomic E-state index is 13.4. The molecule has 1 unspecified atom stereocenters. The second-order valence-corrected chi connectivity index (χ2v) is 5.81. The molecule has 0 amide bonds. The largest absolute Gasteiger partial charge is 0.271 e. The minimum Gasteiger partial charge on any atom is -0.271 e. The van der Waals surface area contributed by atoms with E-state index in [1.807, 2.05) is 6.07 Å². The molecule has 3 heteroatoms. The molecule has 0 fully saturated rings. The molecular formula is C18H23FN2. The van der Waals surface area contributed by atoms with Crippen LogP contribution < -0.4 is 11.3 Å². The number of hydrogen-bond acceptors (Lipinski definition) is 2. The van der Waals surface area contributed by atoms with Gasteiger partial charge in [-0.1, -0.05) is 29.8 Å². The van der Waals surface area contributed by atoms with Crippen LogP contribution in [-0.2, 0) is 6.42 Å². The number of rotatable bonds is 4. The average molecular weight is 286 g/mol. The van der Waals surface area contributed by atoms with Crippen LogP contribution >= 0.6 is 0 Å². The Bertz CT molecular complexity index is 627. The number of halogens is 1. The fourth-order valence-corrected chi connectivity index (χ4v) is 2.89. The normalized spacial score (nSPS) is 12.5. The highest BCUT2D eigenvalue weighted by Crippen LogP contribution is 2.25. The molecule has 2 aromatic carbocycles. The van der Waals surface area contributed by atoms with Gasteiger partial charge in [0.15, 0.2) is 0 Å². The molecule has 0 aromatic heterocycles. The number of hydrogen-bond donors (Lipinski definition) is 2. The second kappa shape index (κ2) is 6.37. The van der Waals surface area contributed by atoms with Crippen molar-refractivity contribution >= 4 is 0 Å². The van der Waals surface area contributed by atoms with Gasteiger partial charge in [0, 0.05) is 0 Å². The van der Waals surface area contributed by atoms with Crippen molar-refractivity contribution in [1.82, 2.24) is 5.43 Å². The number of aryl methyl sites for hydroxylation is 4. The summed E-state index contributed by atoms with van der Waals surface area (Å²) in [6.07, 6.45) is 0.791. The zero-order chi connectivity index (χ0) is 15.6. The lowest BCUT2D eigenvalue weighted by Gasteiger charge is -2.20. The third kappa shape index (κ3) is 3.49. The zero-order valence-corrected chi connectivity index (χ0v) is 13.1. The van der Waals surface area contributed by atoms with Crippen LogP contribution in [0.4, 0.5) is 4.39 Å². The van der Waals surface area contributed by atoms with Gasteiger partial charge in [-0.15, -0.1) is 0 Å². The summed E-state index contributed by atoms with van der Waals surface area (Å²) in [7, 11) is 0. The summed E-state index contributed by atoms with van der Waals surface area (Å²) < 4.78 is 13.4. The van der Waals surface area contributed by atoms with E-state index in [2.05, 4.69) is 38.3 Å². The summed E-state index contributed by atoms with van der Waals surface area (Å²) >= 11 is 0. The van der Waals surface area contributed by atoms with E-state index >= 15 is 0 Å². The summed E-state index contributed by atoms with van der Waals surface area (Å²) in [6, 6.07) is 9.51. The molecule has 0 spiro atoms. The van der Waals surface area contributed by atoms with E-state index in [4.69, 9.17) is 5.84 Å². The van der Waals surface area contributed by atoms with E-state index in [9.17, 15) is 4.39 Å². The Morgan fingerprint density at radius 1 is 1.00 bits per heavy atom. The highest BCUT2D eigenvalue weighted by molar-refractivity contribution is 5.39. The highest BCUT2D eigenvalue weighted by atomic mass is 19.1. The Hall–Kier alpha value is -1.71. The minimum absolute atomic E-state index is 0.0237. The van der Waals surface area contributed by atoms with E-state index < -0.39 is 0 Å². The van der Waals surface area contributed by atoms with Crippen LogP contribution in [0.1, 0.15) is 39.4 Å². The highest BCUT2D eigenvalue weighted by Gasteiger charge is 2.15. The monoisotopic (exact) mass is 286 g/mol. The van der Waals surface area contributed by atoms with E-state index in [0.29, 0.717) is 5.56 Å². The van der Waals surface area contributed by atoms with Crippen LogP contribution in [0.25, 0.3) is 0 Å². The summed E-state index contributed by atoms with van der Waals surface area (Å²) in [4.78, 5) is 0. The average Bonchev–Trinajstić information content (AvgIpc) is 2.41. The Morgan fingerprint density at radius 2 is 1.62 bits per heavy atom. The van der Waals surface area contributed by atoms with E-state index in [1.54, 1.807) is 13.0 Å². The molecule has 0 aliphatic rings. The molecular weight excluding hydrogens is 263 g/mol. The summed E-state index contributed by atoms with van der Waals surface area (Å²) in [5, 5.41) is 0. The molecule has 2 aromatic rings. The van der Waals surface area contributed by atoms with Crippen LogP contribution in [-0.4, -0.2) is 0 Å². The van der Waals surface area contributed by atoms with Gasteiger partial charge in [0.1, 0.15) is 5.82 Å². The molecule has 0 heterocycles. The van der Waals surface area contributed by atoms with E-state index in [-0.39, 0.29) is 11.9 Å². The Labute approximate surface area is 126 Å². The predicted octanol–water partition coefficient (Wildman–Crippen LogP) is 3.81. The van der Waals surface area contributed by atoms with Crippen molar-refractivity contribution in [2.45, 2.75) is 40.2 Å². The smallest absolute Gasteiger partial charge is 0.126 e. The fourth-order valence-electron chi connectivity index (χ4n) is 2.89. The van der Waals surface area contributed by atoms with Gasteiger partial charge in [0.2, 0.25) is 0 Å². The maximum Gasteiger partial charge on any atom is 0.126 e. The number of hydrazine groups is 1. The van der Waals surface area contributed by atoms with Crippen molar-refractivity contribution in [2.24, 2.45) is 5.84 Å². The van der Waals surface area contributed by atoms with Gasteiger partial charge in [-0.2, -0.15) is 0 Å². The lowest BCUT2D eigenvalue weighted by atomic mass is 9.91. The molecule has 0 radical (unpaired) electrons. The molecule has 112 valence electrons. The van der Waals surface area contributed by atoms with Crippen LogP contribution in [0.3, 0.4) is 0 Å². The van der Waals surface area contributed by atoms with Gasteiger partial charge in [-0.25, -0.2) is 4.39 Å². The van der Waals surface area contributed by atoms with E-state index in [1.165, 1.54) is 28.3 Å². The summed E-state index contributed by atoms with van der Waals surface area (Å²) in [5.74, 6) is 5.54. The molecule has 2 rings (SSSR count). The molecule has 1 atom stereocenters. The van der Waals surface area contributed by atoms with Crippen LogP contribution in [0.2, 0.25) is 0 Å². The van der Waals surface area contributed by atoms with Gasteiger partial charge >= 0.3 is 0 Å². The SMILES string of the molecule is Cc1cc(C)c(CC(NN)c2ccc(F)c(C)c2)c(C)c1. The van der Waals surface area contributed by atoms with Crippen molar-refractivity contribution in [3.05, 3.63) is 69.5 Å². The molecule has 0 saturated heterocycles. The Kier molecular flexibility index (Phi) is 4.76. The number of nitrogens with one attached hydrogen (secondary N) is 1. The van der Waals surface area contributed by atoms with Gasteiger partial charge in [-0.3, -0.25) is 11.3 Å². The van der Waals surface area contributed by atoms with Gasteiger partial charge in [-0.05, 0) is 68.0 Å². The number of benzene rings is 2. The standard InChI is InChI=1S/C18H23FN2/c1-11-7-12(2)16(13(3)8-11)10-18(21-20)15-5-6-17(19)14(4)9-15/h5-9,18,21H,10,20H2,1-4H3. The van der Waals surface area contributed by atoms with Gasteiger partial charge < -0.3 is 0 Å². The minimum atomic E-state index is -0.183. The zero-order valence-electron chi connectivity index (χ0n) is 13.1. The van der Waals surface area contributed by atoms with Gasteiger partial charge in [0.25, 0.3) is 0 Å². The molecule has 0 bridgehead atoms. The van der Waals surface area contributed by atoms with Crippen molar-refractivity contribution in [3.63, 3.8) is 0 Å². The lowest BCUT2D eigenvalue weighted by Crippen LogP contribution is -2.30. The molecule has 0 aliphatic carbocycles. The third-order valence-corrected chi connectivity index (χ3v) is 4.03. The lowest BCUT2D eigenvalue weighted by molar-refractivity contribution is 0.546. The Morgan fingerprint density at radius 3 is 2.14 bits per heavy atom. The molecule has 0 saturated carbocycles. The van der Waals surface area contributed by atoms with Crippen LogP contribution in [0, 0.1) is 33.5 Å². The first-order valence-electron chi connectivity index (χ1n) is 7.21. The van der Waals surface area contributed by atoms with Gasteiger partial charge in [0.05, 0.1) is 6.04 Å². The summed E-state index contributed by atoms with van der Waals surface area (Å²) in [5.41, 5.74) is 9.62. The predicted molar refractivity (Wildman–Crippen MR) is 85.6 cm³/mol. The second-order valence-electron chi connectivity index (χ2n) is 5.81. The summed E-state index contributed by atoms with van der Waals surface area (Å²) in [6.45, 7) is 8.12. The first kappa shape index (κ1) is 15.7. The van der Waals surface area contributed by atoms with Crippen molar-refractivity contribution < 1.29 is 4.39 Å². The number of nitrogens with two attached hydrogens (primary N) is 1. The maximum absolute atomic E-state index is 13.4. The van der Waals surface area contributed by atoms with Crippen molar-refractivity contribution in [3.8, 4) is 0 Å². The fraction of sp³-hybridized carbons (Fsp3) is 0.333. The van der Waals surface area contributed by atoms with Crippen molar-refractivity contribution in [2.75, 3.05) is 0 Å². The van der Waals surface area contributed by atoms with Crippen LogP contribution in [0.15, 0.2) is 30.3 Å². The van der Waals surface area contributed by atoms with Crippen LogP contribution in [0.5, 0.6) is 0 Å². The molecule has 2 nitrogen and oxygen atoms in total. The first-order valence-corrected chi connectivity index (χ1v) is 7.21. The molecule has 0 aliphatic heterocycles. The molecule has 3 N–H and O–H groups in total. The topological polar surface area (TPSA) is 38.0 Å². The Balaban J connectivity index is 2.33.